The standard InChI is InChI=1S/C15H20N2O2/c1-12-2-4-13(5-3-12)6-7-15(19)17-10-8-14(18)16-9-11-17/h2-5H,6-11H2,1H3,(H,16,18). The molecule has 1 aromatic carbocycles. The molecule has 1 aliphatic rings. The summed E-state index contributed by atoms with van der Waals surface area (Å²) in [5.41, 5.74) is 2.41. The molecule has 1 saturated heterocycles. The maximum atomic E-state index is 12.1. The van der Waals surface area contributed by atoms with Gasteiger partial charge in [-0.1, -0.05) is 29.8 Å². The summed E-state index contributed by atoms with van der Waals surface area (Å²) in [7, 11) is 0. The van der Waals surface area contributed by atoms with Crippen LogP contribution >= 0.6 is 0 Å². The normalized spacial score (nSPS) is 15.8. The van der Waals surface area contributed by atoms with Crippen LogP contribution in [0.5, 0.6) is 0 Å². The number of aryl methyl sites for hydroxylation is 2. The second-order valence-corrected chi connectivity index (χ2v) is 4.97. The van der Waals surface area contributed by atoms with Gasteiger partial charge in [-0.25, -0.2) is 0 Å². The number of hydrogen-bond acceptors (Lipinski definition) is 2. The van der Waals surface area contributed by atoms with Gasteiger partial charge in [-0.3, -0.25) is 9.59 Å². The van der Waals surface area contributed by atoms with Crippen molar-refractivity contribution in [1.29, 1.82) is 0 Å². The lowest BCUT2D eigenvalue weighted by molar-refractivity contribution is -0.131. The topological polar surface area (TPSA) is 49.4 Å². The Hall–Kier alpha value is -1.84. The van der Waals surface area contributed by atoms with E-state index >= 15 is 0 Å². The minimum Gasteiger partial charge on any atom is -0.354 e. The lowest BCUT2D eigenvalue weighted by atomic mass is 10.1. The van der Waals surface area contributed by atoms with Crippen molar-refractivity contribution in [2.24, 2.45) is 0 Å². The maximum Gasteiger partial charge on any atom is 0.222 e. The molecule has 1 aliphatic heterocycles. The smallest absolute Gasteiger partial charge is 0.222 e. The summed E-state index contributed by atoms with van der Waals surface area (Å²) in [5, 5.41) is 2.78. The number of carbonyl (C=O) groups excluding carboxylic acids is 2. The molecule has 4 heteroatoms. The molecule has 4 nitrogen and oxygen atoms in total. The van der Waals surface area contributed by atoms with E-state index in [2.05, 4.69) is 36.5 Å². The van der Waals surface area contributed by atoms with Gasteiger partial charge in [0.2, 0.25) is 11.8 Å². The van der Waals surface area contributed by atoms with Crippen molar-refractivity contribution in [3.63, 3.8) is 0 Å². The molecule has 0 spiro atoms. The third kappa shape index (κ3) is 4.09. The van der Waals surface area contributed by atoms with E-state index in [-0.39, 0.29) is 11.8 Å². The molecule has 0 radical (unpaired) electrons. The Balaban J connectivity index is 1.83. The van der Waals surface area contributed by atoms with Crippen LogP contribution in [0.25, 0.3) is 0 Å². The molecule has 1 aromatic rings. The predicted molar refractivity (Wildman–Crippen MR) is 73.7 cm³/mol. The van der Waals surface area contributed by atoms with Gasteiger partial charge in [0, 0.05) is 32.5 Å². The zero-order valence-corrected chi connectivity index (χ0v) is 11.3. The van der Waals surface area contributed by atoms with Gasteiger partial charge in [0.15, 0.2) is 0 Å². The molecule has 0 aromatic heterocycles. The molecule has 1 fully saturated rings. The van der Waals surface area contributed by atoms with Crippen LogP contribution in [0.15, 0.2) is 24.3 Å². The average Bonchev–Trinajstić information content (AvgIpc) is 2.63. The fraction of sp³-hybridized carbons (Fsp3) is 0.467. The van der Waals surface area contributed by atoms with Crippen LogP contribution in [0.2, 0.25) is 0 Å². The molecule has 0 unspecified atom stereocenters. The zero-order valence-electron chi connectivity index (χ0n) is 11.3. The summed E-state index contributed by atoms with van der Waals surface area (Å²) in [6.45, 7) is 3.78. The molecular formula is C15H20N2O2. The minimum absolute atomic E-state index is 0.0360. The lowest BCUT2D eigenvalue weighted by Crippen LogP contribution is -2.34. The van der Waals surface area contributed by atoms with Crippen molar-refractivity contribution in [3.05, 3.63) is 35.4 Å². The Morgan fingerprint density at radius 3 is 2.74 bits per heavy atom. The van der Waals surface area contributed by atoms with Crippen molar-refractivity contribution < 1.29 is 9.59 Å². The first-order valence-corrected chi connectivity index (χ1v) is 6.75. The third-order valence-electron chi connectivity index (χ3n) is 3.41. The monoisotopic (exact) mass is 260 g/mol. The third-order valence-corrected chi connectivity index (χ3v) is 3.41. The largest absolute Gasteiger partial charge is 0.354 e. The van der Waals surface area contributed by atoms with Crippen LogP contribution in [0.4, 0.5) is 0 Å². The molecule has 1 N–H and O–H groups in total. The van der Waals surface area contributed by atoms with E-state index in [0.717, 1.165) is 6.42 Å². The molecular weight excluding hydrogens is 240 g/mol. The molecule has 0 bridgehead atoms. The quantitative estimate of drug-likeness (QED) is 0.890. The molecule has 0 aliphatic carbocycles. The van der Waals surface area contributed by atoms with Crippen molar-refractivity contribution >= 4 is 11.8 Å². The highest BCUT2D eigenvalue weighted by Crippen LogP contribution is 2.08. The predicted octanol–water partition coefficient (Wildman–Crippen LogP) is 1.28. The maximum absolute atomic E-state index is 12.1. The van der Waals surface area contributed by atoms with Crippen LogP contribution in [0.1, 0.15) is 24.0 Å². The lowest BCUT2D eigenvalue weighted by Gasteiger charge is -2.19. The Morgan fingerprint density at radius 1 is 1.26 bits per heavy atom. The first-order chi connectivity index (χ1) is 9.15. The SMILES string of the molecule is Cc1ccc(CCC(=O)N2CCNC(=O)CC2)cc1. The summed E-state index contributed by atoms with van der Waals surface area (Å²) in [5.74, 6) is 0.172. The summed E-state index contributed by atoms with van der Waals surface area (Å²) in [6, 6.07) is 8.26. The zero-order chi connectivity index (χ0) is 13.7. The minimum atomic E-state index is 0.0360. The first-order valence-electron chi connectivity index (χ1n) is 6.75. The summed E-state index contributed by atoms with van der Waals surface area (Å²) in [6.07, 6.45) is 1.69. The van der Waals surface area contributed by atoms with Gasteiger partial charge >= 0.3 is 0 Å². The highest BCUT2D eigenvalue weighted by Gasteiger charge is 2.17. The fourth-order valence-electron chi connectivity index (χ4n) is 2.18. The molecule has 19 heavy (non-hydrogen) atoms. The number of hydrogen-bond donors (Lipinski definition) is 1. The van der Waals surface area contributed by atoms with Crippen LogP contribution in [0, 0.1) is 6.92 Å². The molecule has 0 saturated carbocycles. The van der Waals surface area contributed by atoms with E-state index in [4.69, 9.17) is 0 Å². The highest BCUT2D eigenvalue weighted by molar-refractivity contribution is 5.80. The number of amides is 2. The average molecular weight is 260 g/mol. The van der Waals surface area contributed by atoms with Gasteiger partial charge in [-0.05, 0) is 18.9 Å². The van der Waals surface area contributed by atoms with Gasteiger partial charge in [0.25, 0.3) is 0 Å². The number of carbonyl (C=O) groups is 2. The van der Waals surface area contributed by atoms with Gasteiger partial charge in [0.05, 0.1) is 0 Å². The second kappa shape index (κ2) is 6.36. The molecule has 2 rings (SSSR count). The van der Waals surface area contributed by atoms with Crippen LogP contribution in [0.3, 0.4) is 0 Å². The summed E-state index contributed by atoms with van der Waals surface area (Å²) in [4.78, 5) is 25.1. The summed E-state index contributed by atoms with van der Waals surface area (Å²) >= 11 is 0. The number of nitrogens with one attached hydrogen (secondary N) is 1. The van der Waals surface area contributed by atoms with E-state index in [0.29, 0.717) is 32.5 Å². The highest BCUT2D eigenvalue weighted by atomic mass is 16.2. The summed E-state index contributed by atoms with van der Waals surface area (Å²) < 4.78 is 0. The van der Waals surface area contributed by atoms with Gasteiger partial charge in [0.1, 0.15) is 0 Å². The van der Waals surface area contributed by atoms with E-state index in [9.17, 15) is 9.59 Å². The molecule has 1 heterocycles. The second-order valence-electron chi connectivity index (χ2n) is 4.97. The molecule has 0 atom stereocenters. The van der Waals surface area contributed by atoms with E-state index in [1.54, 1.807) is 4.90 Å². The van der Waals surface area contributed by atoms with Gasteiger partial charge in [-0.2, -0.15) is 0 Å². The van der Waals surface area contributed by atoms with E-state index < -0.39 is 0 Å². The Bertz CT molecular complexity index is 454. The molecule has 102 valence electrons. The Morgan fingerprint density at radius 2 is 2.00 bits per heavy atom. The van der Waals surface area contributed by atoms with E-state index in [1.807, 2.05) is 0 Å². The van der Waals surface area contributed by atoms with Gasteiger partial charge in [-0.15, -0.1) is 0 Å². The number of nitrogens with zero attached hydrogens (tertiary/aromatic N) is 1. The molecule has 2 amide bonds. The first kappa shape index (κ1) is 13.6. The van der Waals surface area contributed by atoms with Crippen molar-refractivity contribution in [1.82, 2.24) is 10.2 Å². The van der Waals surface area contributed by atoms with Crippen molar-refractivity contribution in [3.8, 4) is 0 Å². The van der Waals surface area contributed by atoms with Crippen LogP contribution in [-0.2, 0) is 16.0 Å². The fourth-order valence-corrected chi connectivity index (χ4v) is 2.18. The number of rotatable bonds is 3. The van der Waals surface area contributed by atoms with Crippen LogP contribution < -0.4 is 5.32 Å². The van der Waals surface area contributed by atoms with E-state index in [1.165, 1.54) is 11.1 Å². The van der Waals surface area contributed by atoms with Crippen molar-refractivity contribution in [2.45, 2.75) is 26.2 Å². The Labute approximate surface area is 113 Å². The van der Waals surface area contributed by atoms with Gasteiger partial charge < -0.3 is 10.2 Å². The van der Waals surface area contributed by atoms with Crippen molar-refractivity contribution in [2.75, 3.05) is 19.6 Å². The Kier molecular flexibility index (Phi) is 4.55. The van der Waals surface area contributed by atoms with Crippen LogP contribution in [-0.4, -0.2) is 36.3 Å². The number of benzene rings is 1.